The van der Waals surface area contributed by atoms with Crippen LogP contribution in [-0.2, 0) is 21.5 Å². The van der Waals surface area contributed by atoms with Gasteiger partial charge in [0, 0.05) is 62.6 Å². The van der Waals surface area contributed by atoms with Gasteiger partial charge in [-0.25, -0.2) is 23.1 Å². The third-order valence-electron chi connectivity index (χ3n) is 7.54. The number of nitrogens with zero attached hydrogens (tertiary/aromatic N) is 4. The number of Topliss-reactive ketones (excluding diaryl/α,β-unsaturated/α-hetero) is 1. The lowest BCUT2D eigenvalue weighted by Crippen LogP contribution is -2.37. The van der Waals surface area contributed by atoms with Crippen LogP contribution in [-0.4, -0.2) is 69.3 Å². The van der Waals surface area contributed by atoms with Gasteiger partial charge >= 0.3 is 0 Å². The molecule has 1 atom stereocenters. The van der Waals surface area contributed by atoms with E-state index < -0.39 is 23.5 Å². The molecule has 9 nitrogen and oxygen atoms in total. The number of fused-ring (bicyclic) bond motifs is 1. The molecule has 0 saturated carbocycles. The van der Waals surface area contributed by atoms with Gasteiger partial charge in [-0.05, 0) is 24.6 Å². The third-order valence-corrected chi connectivity index (χ3v) is 9.92. The highest BCUT2D eigenvalue weighted by molar-refractivity contribution is 7.88. The quantitative estimate of drug-likeness (QED) is 0.179. The molecule has 1 N–H and O–H groups in total. The summed E-state index contributed by atoms with van der Waals surface area (Å²) in [6.45, 7) is 17.8. The fourth-order valence-corrected chi connectivity index (χ4v) is 6.32. The molecule has 2 aromatic heterocycles. The summed E-state index contributed by atoms with van der Waals surface area (Å²) < 4.78 is 33.8. The zero-order chi connectivity index (χ0) is 30.2. The molecule has 1 fully saturated rings. The molecule has 0 spiro atoms. The molecular weight excluding hydrogens is 555 g/mol. The van der Waals surface area contributed by atoms with Crippen LogP contribution in [0.1, 0.15) is 44.5 Å². The lowest BCUT2D eigenvalue weighted by molar-refractivity contribution is 0.0849. The van der Waals surface area contributed by atoms with Gasteiger partial charge in [0.25, 0.3) is 0 Å². The van der Waals surface area contributed by atoms with Crippen molar-refractivity contribution in [3.05, 3.63) is 42.2 Å². The smallest absolute Gasteiger partial charge is 0.208 e. The van der Waals surface area contributed by atoms with Crippen molar-refractivity contribution >= 4 is 40.7 Å². The van der Waals surface area contributed by atoms with E-state index in [9.17, 15) is 13.2 Å². The summed E-state index contributed by atoms with van der Waals surface area (Å²) in [5, 5.41) is 0. The minimum absolute atomic E-state index is 0.0163. The predicted octanol–water partition coefficient (Wildman–Crippen LogP) is 5.41. The van der Waals surface area contributed by atoms with Crippen molar-refractivity contribution < 1.29 is 17.9 Å². The highest BCUT2D eigenvalue weighted by Gasteiger charge is 2.34. The fraction of sp³-hybridized carbons (Fsp3) is 0.567. The number of hydrogen-bond acceptors (Lipinski definition) is 7. The predicted molar refractivity (Wildman–Crippen MR) is 169 cm³/mol. The van der Waals surface area contributed by atoms with Crippen LogP contribution in [0.4, 0.5) is 5.69 Å². The standard InChI is InChI=1S/C30H45N5O4SSi/c1-29(2,3)27(36)24-18-35(21-39-14-15-41(6,7)8)28-26(24)33-25(17-31-28)22-10-9-11-23(16-22)34-13-12-30(4,20-34)19-32-40(5,37)38/h9-11,16-18,32H,12-15,19-21H2,1-8H3. The monoisotopic (exact) mass is 599 g/mol. The normalized spacial score (nSPS) is 18.4. The minimum Gasteiger partial charge on any atom is -0.371 e. The summed E-state index contributed by atoms with van der Waals surface area (Å²) in [4.78, 5) is 25.5. The molecule has 41 heavy (non-hydrogen) atoms. The number of hydrogen-bond donors (Lipinski definition) is 1. The zero-order valence-corrected chi connectivity index (χ0v) is 27.6. The highest BCUT2D eigenvalue weighted by Crippen LogP contribution is 2.35. The number of rotatable bonds is 11. The Morgan fingerprint density at radius 2 is 1.95 bits per heavy atom. The average Bonchev–Trinajstić information content (AvgIpc) is 3.44. The van der Waals surface area contributed by atoms with Crippen LogP contribution in [0.25, 0.3) is 22.4 Å². The van der Waals surface area contributed by atoms with Crippen LogP contribution in [0, 0.1) is 10.8 Å². The van der Waals surface area contributed by atoms with Crippen molar-refractivity contribution in [2.75, 3.05) is 37.4 Å². The summed E-state index contributed by atoms with van der Waals surface area (Å²) in [5.74, 6) is 0.0163. The first-order valence-electron chi connectivity index (χ1n) is 14.2. The molecule has 1 saturated heterocycles. The van der Waals surface area contributed by atoms with E-state index in [0.29, 0.717) is 42.3 Å². The Hall–Kier alpha value is -2.60. The lowest BCUT2D eigenvalue weighted by Gasteiger charge is -2.25. The number of carbonyl (C=O) groups is 1. The fourth-order valence-electron chi connectivity index (χ4n) is 4.96. The van der Waals surface area contributed by atoms with Gasteiger partial charge in [-0.3, -0.25) is 4.79 Å². The first-order valence-corrected chi connectivity index (χ1v) is 19.8. The molecule has 0 amide bonds. The van der Waals surface area contributed by atoms with Crippen LogP contribution < -0.4 is 9.62 Å². The average molecular weight is 600 g/mol. The number of carbonyl (C=O) groups excluding carboxylic acids is 1. The Kier molecular flexibility index (Phi) is 8.85. The van der Waals surface area contributed by atoms with Gasteiger partial charge < -0.3 is 14.2 Å². The maximum atomic E-state index is 13.4. The van der Waals surface area contributed by atoms with Crippen LogP contribution in [0.2, 0.25) is 25.7 Å². The van der Waals surface area contributed by atoms with Gasteiger partial charge in [-0.1, -0.05) is 59.5 Å². The number of anilines is 1. The van der Waals surface area contributed by atoms with Crippen molar-refractivity contribution in [2.24, 2.45) is 10.8 Å². The topological polar surface area (TPSA) is 106 Å². The van der Waals surface area contributed by atoms with Crippen LogP contribution in [0.15, 0.2) is 36.7 Å². The van der Waals surface area contributed by atoms with Crippen LogP contribution in [0.3, 0.4) is 0 Å². The molecule has 1 unspecified atom stereocenters. The number of ether oxygens (including phenoxy) is 1. The van der Waals surface area contributed by atoms with E-state index in [0.717, 1.165) is 36.8 Å². The number of benzene rings is 1. The number of nitrogens with one attached hydrogen (secondary N) is 1. The first-order chi connectivity index (χ1) is 18.9. The Bertz CT molecular complexity index is 1520. The van der Waals surface area contributed by atoms with Crippen molar-refractivity contribution in [3.8, 4) is 11.3 Å². The molecule has 3 heterocycles. The molecule has 0 aliphatic carbocycles. The second kappa shape index (κ2) is 11.6. The molecule has 224 valence electrons. The summed E-state index contributed by atoms with van der Waals surface area (Å²) in [7, 11) is -4.45. The van der Waals surface area contributed by atoms with E-state index in [1.54, 1.807) is 6.20 Å². The largest absolute Gasteiger partial charge is 0.371 e. The molecule has 0 bridgehead atoms. The molecule has 4 rings (SSSR count). The van der Waals surface area contributed by atoms with E-state index in [1.807, 2.05) is 43.7 Å². The maximum Gasteiger partial charge on any atom is 0.208 e. The van der Waals surface area contributed by atoms with E-state index in [1.165, 1.54) is 6.26 Å². The molecular formula is C30H45N5O4SSi. The second-order valence-corrected chi connectivity index (χ2v) is 21.4. The maximum absolute atomic E-state index is 13.4. The summed E-state index contributed by atoms with van der Waals surface area (Å²) >= 11 is 0. The minimum atomic E-state index is -3.24. The molecule has 11 heteroatoms. The van der Waals surface area contributed by atoms with Gasteiger partial charge in [0.15, 0.2) is 11.4 Å². The van der Waals surface area contributed by atoms with Gasteiger partial charge in [0.1, 0.15) is 12.2 Å². The van der Waals surface area contributed by atoms with Gasteiger partial charge in [0.05, 0.1) is 23.7 Å². The number of sulfonamides is 1. The Morgan fingerprint density at radius 3 is 2.61 bits per heavy atom. The summed E-state index contributed by atoms with van der Waals surface area (Å²) in [6.07, 6.45) is 5.68. The Morgan fingerprint density at radius 1 is 1.22 bits per heavy atom. The molecule has 1 aliphatic heterocycles. The van der Waals surface area contributed by atoms with E-state index >= 15 is 0 Å². The molecule has 1 aliphatic rings. The van der Waals surface area contributed by atoms with E-state index in [2.05, 4.69) is 48.3 Å². The van der Waals surface area contributed by atoms with Crippen molar-refractivity contribution in [2.45, 2.75) is 66.5 Å². The summed E-state index contributed by atoms with van der Waals surface area (Å²) in [6, 6.07) is 9.22. The van der Waals surface area contributed by atoms with Gasteiger partial charge in [0.2, 0.25) is 10.0 Å². The highest BCUT2D eigenvalue weighted by atomic mass is 32.2. The van der Waals surface area contributed by atoms with Gasteiger partial charge in [-0.15, -0.1) is 0 Å². The first kappa shape index (κ1) is 31.3. The zero-order valence-electron chi connectivity index (χ0n) is 25.7. The Balaban J connectivity index is 1.62. The molecule has 1 aromatic carbocycles. The van der Waals surface area contributed by atoms with E-state index in [4.69, 9.17) is 14.7 Å². The lowest BCUT2D eigenvalue weighted by atomic mass is 9.87. The van der Waals surface area contributed by atoms with Crippen molar-refractivity contribution in [3.63, 3.8) is 0 Å². The third kappa shape index (κ3) is 8.03. The van der Waals surface area contributed by atoms with Crippen LogP contribution in [0.5, 0.6) is 0 Å². The number of ketones is 1. The molecule has 3 aromatic rings. The summed E-state index contributed by atoms with van der Waals surface area (Å²) in [5.41, 5.74) is 3.71. The Labute approximate surface area is 245 Å². The van der Waals surface area contributed by atoms with Crippen LogP contribution >= 0.6 is 0 Å². The van der Waals surface area contributed by atoms with E-state index in [-0.39, 0.29) is 11.2 Å². The molecule has 0 radical (unpaired) electrons. The van der Waals surface area contributed by atoms with Gasteiger partial charge in [-0.2, -0.15) is 0 Å². The number of aromatic nitrogens is 3. The van der Waals surface area contributed by atoms with Crippen molar-refractivity contribution in [1.29, 1.82) is 0 Å². The SMILES string of the molecule is CC1(CNS(C)(=O)=O)CCN(c2cccc(-c3cnc4c(n3)c(C(=O)C(C)(C)C)cn4COCC[Si](C)(C)C)c2)C1. The second-order valence-electron chi connectivity index (χ2n) is 14.0. The van der Waals surface area contributed by atoms with Crippen molar-refractivity contribution in [1.82, 2.24) is 19.3 Å².